The van der Waals surface area contributed by atoms with Gasteiger partial charge in [-0.15, -0.1) is 11.3 Å². The van der Waals surface area contributed by atoms with Crippen molar-refractivity contribution in [3.05, 3.63) is 16.1 Å². The zero-order chi connectivity index (χ0) is 17.4. The topological polar surface area (TPSA) is 82.6 Å². The Labute approximate surface area is 139 Å². The first-order valence-electron chi connectivity index (χ1n) is 7.37. The molecule has 0 spiro atoms. The van der Waals surface area contributed by atoms with Gasteiger partial charge < -0.3 is 10.2 Å². The summed E-state index contributed by atoms with van der Waals surface area (Å²) in [7, 11) is 2.95. The number of carbonyl (C=O) groups is 3. The predicted octanol–water partition coefficient (Wildman–Crippen LogP) is 1.34. The summed E-state index contributed by atoms with van der Waals surface area (Å²) in [5, 5.41) is 5.57. The monoisotopic (exact) mass is 338 g/mol. The third-order valence-corrected chi connectivity index (χ3v) is 4.66. The number of carbonyl (C=O) groups excluding carboxylic acids is 3. The van der Waals surface area contributed by atoms with Crippen molar-refractivity contribution in [3.8, 4) is 0 Å². The second-order valence-corrected chi connectivity index (χ2v) is 7.61. The summed E-state index contributed by atoms with van der Waals surface area (Å²) in [6, 6.07) is -1.11. The summed E-state index contributed by atoms with van der Waals surface area (Å²) in [6.45, 7) is 6.58. The van der Waals surface area contributed by atoms with Gasteiger partial charge in [-0.2, -0.15) is 0 Å². The lowest BCUT2D eigenvalue weighted by atomic mass is 9.93. The van der Waals surface area contributed by atoms with E-state index in [1.807, 2.05) is 5.38 Å². The molecule has 4 amide bonds. The van der Waals surface area contributed by atoms with Crippen LogP contribution in [0.15, 0.2) is 5.38 Å². The second kappa shape index (κ2) is 6.27. The highest BCUT2D eigenvalue weighted by Gasteiger charge is 2.41. The minimum absolute atomic E-state index is 0.0251. The van der Waals surface area contributed by atoms with Gasteiger partial charge in [0.15, 0.2) is 0 Å². The molecule has 7 nitrogen and oxygen atoms in total. The molecule has 1 aromatic rings. The van der Waals surface area contributed by atoms with Crippen LogP contribution in [0.3, 0.4) is 0 Å². The van der Waals surface area contributed by atoms with Gasteiger partial charge in [0.2, 0.25) is 5.91 Å². The highest BCUT2D eigenvalue weighted by Crippen LogP contribution is 2.23. The van der Waals surface area contributed by atoms with E-state index < -0.39 is 6.04 Å². The Balaban J connectivity index is 1.90. The number of likely N-dealkylation sites (N-methyl/N-ethyl adjacent to an activating group) is 2. The van der Waals surface area contributed by atoms with Crippen LogP contribution in [0.25, 0.3) is 0 Å². The van der Waals surface area contributed by atoms with Crippen LogP contribution in [-0.4, -0.2) is 52.8 Å². The molecule has 2 rings (SSSR count). The Bertz CT molecular complexity index is 635. The van der Waals surface area contributed by atoms with E-state index >= 15 is 0 Å². The van der Waals surface area contributed by atoms with E-state index in [1.165, 1.54) is 30.3 Å². The SMILES string of the molecule is CN1C(=O)[C@@H](CC(=O)NCc2nc(C(C)(C)C)cs2)N(C)C1=O. The zero-order valence-corrected chi connectivity index (χ0v) is 14.9. The molecule has 1 aromatic heterocycles. The number of urea groups is 1. The number of imide groups is 1. The molecule has 8 heteroatoms. The van der Waals surface area contributed by atoms with Crippen molar-refractivity contribution in [2.45, 2.75) is 45.2 Å². The Kier molecular flexibility index (Phi) is 4.74. The highest BCUT2D eigenvalue weighted by atomic mass is 32.1. The van der Waals surface area contributed by atoms with Gasteiger partial charge in [0, 0.05) is 24.9 Å². The maximum absolute atomic E-state index is 12.0. The van der Waals surface area contributed by atoms with Crippen LogP contribution >= 0.6 is 11.3 Å². The average molecular weight is 338 g/mol. The van der Waals surface area contributed by atoms with Crippen molar-refractivity contribution in [1.29, 1.82) is 0 Å². The molecule has 1 aliphatic heterocycles. The number of amides is 4. The fourth-order valence-corrected chi connectivity index (χ4v) is 3.20. The number of rotatable bonds is 4. The second-order valence-electron chi connectivity index (χ2n) is 6.66. The van der Waals surface area contributed by atoms with E-state index in [2.05, 4.69) is 31.1 Å². The van der Waals surface area contributed by atoms with Crippen molar-refractivity contribution >= 4 is 29.2 Å². The van der Waals surface area contributed by atoms with Gasteiger partial charge in [-0.25, -0.2) is 9.78 Å². The van der Waals surface area contributed by atoms with Crippen molar-refractivity contribution in [1.82, 2.24) is 20.1 Å². The number of hydrogen-bond donors (Lipinski definition) is 1. The highest BCUT2D eigenvalue weighted by molar-refractivity contribution is 7.09. The summed E-state index contributed by atoms with van der Waals surface area (Å²) < 4.78 is 0. The number of thiazole rings is 1. The van der Waals surface area contributed by atoms with Gasteiger partial charge in [-0.1, -0.05) is 20.8 Å². The molecule has 0 radical (unpaired) electrons. The summed E-state index contributed by atoms with van der Waals surface area (Å²) in [5.41, 5.74) is 0.965. The van der Waals surface area contributed by atoms with Gasteiger partial charge in [0.25, 0.3) is 5.91 Å². The third-order valence-electron chi connectivity index (χ3n) is 3.81. The zero-order valence-electron chi connectivity index (χ0n) is 14.0. The van der Waals surface area contributed by atoms with Gasteiger partial charge >= 0.3 is 6.03 Å². The molecule has 1 fully saturated rings. The maximum atomic E-state index is 12.0. The molecule has 1 atom stereocenters. The van der Waals surface area contributed by atoms with Crippen molar-refractivity contribution < 1.29 is 14.4 Å². The first-order chi connectivity index (χ1) is 10.6. The molecule has 1 N–H and O–H groups in total. The minimum atomic E-state index is -0.728. The van der Waals surface area contributed by atoms with Crippen LogP contribution in [0.2, 0.25) is 0 Å². The average Bonchev–Trinajstić information content (AvgIpc) is 3.02. The largest absolute Gasteiger partial charge is 0.350 e. The smallest absolute Gasteiger partial charge is 0.326 e. The van der Waals surface area contributed by atoms with Crippen LogP contribution in [0, 0.1) is 0 Å². The number of nitrogens with zero attached hydrogens (tertiary/aromatic N) is 3. The Morgan fingerprint density at radius 2 is 2.00 bits per heavy atom. The molecule has 1 aliphatic rings. The first kappa shape index (κ1) is 17.4. The Morgan fingerprint density at radius 1 is 1.35 bits per heavy atom. The first-order valence-corrected chi connectivity index (χ1v) is 8.25. The summed E-state index contributed by atoms with van der Waals surface area (Å²) in [5.74, 6) is -0.622. The minimum Gasteiger partial charge on any atom is -0.350 e. The van der Waals surface area contributed by atoms with E-state index in [9.17, 15) is 14.4 Å². The molecule has 0 aliphatic carbocycles. The molecular weight excluding hydrogens is 316 g/mol. The number of hydrogen-bond acceptors (Lipinski definition) is 5. The molecule has 0 bridgehead atoms. The normalized spacial score (nSPS) is 18.7. The molecule has 126 valence electrons. The van der Waals surface area contributed by atoms with Gasteiger partial charge in [0.05, 0.1) is 18.7 Å². The Hall–Kier alpha value is -1.96. The number of nitrogens with one attached hydrogen (secondary N) is 1. The van der Waals surface area contributed by atoms with Crippen LogP contribution in [-0.2, 0) is 21.5 Å². The predicted molar refractivity (Wildman–Crippen MR) is 87.0 cm³/mol. The lowest BCUT2D eigenvalue weighted by Gasteiger charge is -2.15. The third kappa shape index (κ3) is 3.69. The van der Waals surface area contributed by atoms with Gasteiger partial charge in [-0.05, 0) is 0 Å². The van der Waals surface area contributed by atoms with Crippen LogP contribution in [0.4, 0.5) is 4.79 Å². The van der Waals surface area contributed by atoms with Crippen LogP contribution in [0.1, 0.15) is 37.9 Å². The molecule has 0 aromatic carbocycles. The molecule has 1 saturated heterocycles. The lowest BCUT2D eigenvalue weighted by molar-refractivity contribution is -0.131. The molecule has 2 heterocycles. The van der Waals surface area contributed by atoms with Crippen LogP contribution in [0.5, 0.6) is 0 Å². The standard InChI is InChI=1S/C15H22N4O3S/c1-15(2,3)10-8-23-12(17-10)7-16-11(20)6-9-13(21)19(5)14(22)18(9)4/h8-9H,6-7H2,1-5H3,(H,16,20)/t9-/m1/s1. The maximum Gasteiger partial charge on any atom is 0.326 e. The summed E-state index contributed by atoms with van der Waals surface area (Å²) in [4.78, 5) is 42.5. The molecule has 0 unspecified atom stereocenters. The van der Waals surface area contributed by atoms with E-state index in [0.717, 1.165) is 15.6 Å². The fraction of sp³-hybridized carbons (Fsp3) is 0.600. The van der Waals surface area contributed by atoms with E-state index in [-0.39, 0.29) is 29.7 Å². The molecule has 23 heavy (non-hydrogen) atoms. The van der Waals surface area contributed by atoms with E-state index in [1.54, 1.807) is 0 Å². The quantitative estimate of drug-likeness (QED) is 0.840. The Morgan fingerprint density at radius 3 is 2.48 bits per heavy atom. The summed E-state index contributed by atoms with van der Waals surface area (Å²) >= 11 is 1.50. The number of aromatic nitrogens is 1. The van der Waals surface area contributed by atoms with E-state index in [4.69, 9.17) is 0 Å². The fourth-order valence-electron chi connectivity index (χ4n) is 2.24. The van der Waals surface area contributed by atoms with Gasteiger partial charge in [0.1, 0.15) is 11.0 Å². The van der Waals surface area contributed by atoms with Crippen molar-refractivity contribution in [3.63, 3.8) is 0 Å². The van der Waals surface area contributed by atoms with E-state index in [0.29, 0.717) is 6.54 Å². The molecule has 0 saturated carbocycles. The van der Waals surface area contributed by atoms with Crippen LogP contribution < -0.4 is 5.32 Å². The lowest BCUT2D eigenvalue weighted by Crippen LogP contribution is -2.37. The summed E-state index contributed by atoms with van der Waals surface area (Å²) in [6.07, 6.45) is -0.0388. The van der Waals surface area contributed by atoms with Gasteiger partial charge in [-0.3, -0.25) is 14.5 Å². The molecular formula is C15H22N4O3S. The van der Waals surface area contributed by atoms with Crippen molar-refractivity contribution in [2.75, 3.05) is 14.1 Å². The van der Waals surface area contributed by atoms with Crippen molar-refractivity contribution in [2.24, 2.45) is 0 Å².